The molecule has 12 heavy (non-hydrogen) atoms. The van der Waals surface area contributed by atoms with Crippen molar-refractivity contribution < 1.29 is 4.74 Å². The van der Waals surface area contributed by atoms with Crippen LogP contribution in [-0.2, 0) is 0 Å². The Morgan fingerprint density at radius 3 is 3.00 bits per heavy atom. The summed E-state index contributed by atoms with van der Waals surface area (Å²) in [4.78, 5) is 0. The van der Waals surface area contributed by atoms with Crippen molar-refractivity contribution in [3.05, 3.63) is 23.9 Å². The average molecular weight is 179 g/mol. The maximum atomic E-state index is 5.15. The molecule has 0 unspecified atom stereocenters. The fourth-order valence-corrected chi connectivity index (χ4v) is 1.93. The third-order valence-electron chi connectivity index (χ3n) is 1.85. The second kappa shape index (κ2) is 2.75. The normalized spacial score (nSPS) is 10.5. The molecule has 0 bridgehead atoms. The van der Waals surface area contributed by atoms with Gasteiger partial charge < -0.3 is 4.74 Å². The smallest absolute Gasteiger partial charge is 0.119 e. The quantitative estimate of drug-likeness (QED) is 0.671. The molecule has 1 aromatic carbocycles. The highest BCUT2D eigenvalue weighted by atomic mass is 32.1. The van der Waals surface area contributed by atoms with Crippen LogP contribution in [0.5, 0.6) is 5.75 Å². The SMILES string of the molecule is COc1cc(C)c2sncc2c1. The van der Waals surface area contributed by atoms with Crippen LogP contribution in [0.1, 0.15) is 5.56 Å². The predicted octanol–water partition coefficient (Wildman–Crippen LogP) is 2.61. The molecule has 0 N–H and O–H groups in total. The number of aryl methyl sites for hydroxylation is 1. The van der Waals surface area contributed by atoms with Crippen LogP contribution in [0.15, 0.2) is 18.3 Å². The zero-order chi connectivity index (χ0) is 8.55. The lowest BCUT2D eigenvalue weighted by molar-refractivity contribution is 0.415. The van der Waals surface area contributed by atoms with Gasteiger partial charge in [-0.2, -0.15) is 4.37 Å². The van der Waals surface area contributed by atoms with E-state index in [-0.39, 0.29) is 0 Å². The highest BCUT2D eigenvalue weighted by Gasteiger charge is 2.02. The third kappa shape index (κ3) is 1.06. The lowest BCUT2D eigenvalue weighted by Gasteiger charge is -2.00. The number of benzene rings is 1. The van der Waals surface area contributed by atoms with Gasteiger partial charge in [0.05, 0.1) is 11.8 Å². The summed E-state index contributed by atoms with van der Waals surface area (Å²) < 4.78 is 10.5. The summed E-state index contributed by atoms with van der Waals surface area (Å²) in [6, 6.07) is 4.03. The average Bonchev–Trinajstić information content (AvgIpc) is 2.52. The highest BCUT2D eigenvalue weighted by Crippen LogP contribution is 2.27. The van der Waals surface area contributed by atoms with Crippen LogP contribution in [-0.4, -0.2) is 11.5 Å². The zero-order valence-corrected chi connectivity index (χ0v) is 7.81. The summed E-state index contributed by atoms with van der Waals surface area (Å²) >= 11 is 1.53. The molecule has 2 aromatic rings. The van der Waals surface area contributed by atoms with Crippen molar-refractivity contribution in [2.75, 3.05) is 7.11 Å². The Hall–Kier alpha value is -1.09. The minimum absolute atomic E-state index is 0.903. The standard InChI is InChI=1S/C9H9NOS/c1-6-3-8(11-2)4-7-5-10-12-9(6)7/h3-5H,1-2H3. The van der Waals surface area contributed by atoms with Crippen LogP contribution in [0.25, 0.3) is 10.1 Å². The van der Waals surface area contributed by atoms with E-state index in [1.807, 2.05) is 18.3 Å². The van der Waals surface area contributed by atoms with E-state index in [2.05, 4.69) is 11.3 Å². The van der Waals surface area contributed by atoms with Crippen LogP contribution in [0.4, 0.5) is 0 Å². The molecule has 0 radical (unpaired) electrons. The van der Waals surface area contributed by atoms with Gasteiger partial charge in [-0.1, -0.05) is 0 Å². The molecule has 1 heterocycles. The van der Waals surface area contributed by atoms with E-state index in [1.54, 1.807) is 7.11 Å². The van der Waals surface area contributed by atoms with E-state index in [9.17, 15) is 0 Å². The Kier molecular flexibility index (Phi) is 1.73. The van der Waals surface area contributed by atoms with E-state index in [0.29, 0.717) is 0 Å². The first-order chi connectivity index (χ1) is 5.81. The molecule has 0 fully saturated rings. The van der Waals surface area contributed by atoms with Gasteiger partial charge in [-0.25, -0.2) is 0 Å². The molecule has 2 rings (SSSR count). The van der Waals surface area contributed by atoms with Gasteiger partial charge in [-0.3, -0.25) is 0 Å². The van der Waals surface area contributed by atoms with E-state index in [1.165, 1.54) is 21.8 Å². The Morgan fingerprint density at radius 1 is 1.42 bits per heavy atom. The van der Waals surface area contributed by atoms with Gasteiger partial charge in [0.1, 0.15) is 5.75 Å². The van der Waals surface area contributed by atoms with Crippen molar-refractivity contribution >= 4 is 21.6 Å². The van der Waals surface area contributed by atoms with Gasteiger partial charge in [-0.15, -0.1) is 0 Å². The van der Waals surface area contributed by atoms with Gasteiger partial charge in [-0.05, 0) is 36.2 Å². The molecule has 0 amide bonds. The molecule has 62 valence electrons. The molecule has 1 aromatic heterocycles. The Bertz CT molecular complexity index is 408. The highest BCUT2D eigenvalue weighted by molar-refractivity contribution is 7.13. The summed E-state index contributed by atoms with van der Waals surface area (Å²) in [5.74, 6) is 0.903. The molecule has 0 aliphatic heterocycles. The number of hydrogen-bond donors (Lipinski definition) is 0. The van der Waals surface area contributed by atoms with Gasteiger partial charge in [0.25, 0.3) is 0 Å². The molecular formula is C9H9NOS. The maximum absolute atomic E-state index is 5.15. The van der Waals surface area contributed by atoms with Gasteiger partial charge in [0, 0.05) is 11.6 Å². The fraction of sp³-hybridized carbons (Fsp3) is 0.222. The first-order valence-electron chi connectivity index (χ1n) is 3.70. The lowest BCUT2D eigenvalue weighted by Crippen LogP contribution is -1.82. The summed E-state index contributed by atoms with van der Waals surface area (Å²) in [6.07, 6.45) is 1.87. The number of hydrogen-bond acceptors (Lipinski definition) is 3. The molecule has 0 saturated carbocycles. The molecule has 0 aliphatic rings. The molecule has 3 heteroatoms. The molecule has 0 aliphatic carbocycles. The van der Waals surface area contributed by atoms with E-state index < -0.39 is 0 Å². The Labute approximate surface area is 75.0 Å². The van der Waals surface area contributed by atoms with Crippen molar-refractivity contribution in [1.82, 2.24) is 4.37 Å². The minimum Gasteiger partial charge on any atom is -0.497 e. The summed E-state index contributed by atoms with van der Waals surface area (Å²) in [5, 5.41) is 1.16. The number of aromatic nitrogens is 1. The van der Waals surface area contributed by atoms with Crippen LogP contribution >= 0.6 is 11.5 Å². The van der Waals surface area contributed by atoms with Crippen molar-refractivity contribution in [2.24, 2.45) is 0 Å². The summed E-state index contributed by atoms with van der Waals surface area (Å²) in [5.41, 5.74) is 1.23. The number of methoxy groups -OCH3 is 1. The second-order valence-electron chi connectivity index (χ2n) is 2.69. The summed E-state index contributed by atoms with van der Waals surface area (Å²) in [7, 11) is 1.68. The minimum atomic E-state index is 0.903. The predicted molar refractivity (Wildman–Crippen MR) is 50.9 cm³/mol. The van der Waals surface area contributed by atoms with E-state index in [0.717, 1.165) is 11.1 Å². The first kappa shape index (κ1) is 7.55. The molecular weight excluding hydrogens is 170 g/mol. The number of ether oxygens (including phenoxy) is 1. The maximum Gasteiger partial charge on any atom is 0.119 e. The lowest BCUT2D eigenvalue weighted by atomic mass is 10.2. The molecule has 2 nitrogen and oxygen atoms in total. The van der Waals surface area contributed by atoms with Gasteiger partial charge >= 0.3 is 0 Å². The van der Waals surface area contributed by atoms with Crippen molar-refractivity contribution in [3.63, 3.8) is 0 Å². The largest absolute Gasteiger partial charge is 0.497 e. The van der Waals surface area contributed by atoms with E-state index in [4.69, 9.17) is 4.74 Å². The molecule has 0 saturated heterocycles. The van der Waals surface area contributed by atoms with Crippen molar-refractivity contribution in [2.45, 2.75) is 6.92 Å². The number of fused-ring (bicyclic) bond motifs is 1. The molecule has 0 spiro atoms. The molecule has 0 atom stereocenters. The zero-order valence-electron chi connectivity index (χ0n) is 7.00. The van der Waals surface area contributed by atoms with E-state index >= 15 is 0 Å². The monoisotopic (exact) mass is 179 g/mol. The summed E-state index contributed by atoms with van der Waals surface area (Å²) in [6.45, 7) is 2.07. The van der Waals surface area contributed by atoms with Crippen LogP contribution in [0.2, 0.25) is 0 Å². The first-order valence-corrected chi connectivity index (χ1v) is 4.47. The fourth-order valence-electron chi connectivity index (χ4n) is 1.24. The van der Waals surface area contributed by atoms with Crippen LogP contribution in [0.3, 0.4) is 0 Å². The van der Waals surface area contributed by atoms with Crippen LogP contribution < -0.4 is 4.74 Å². The van der Waals surface area contributed by atoms with Gasteiger partial charge in [0.15, 0.2) is 0 Å². The van der Waals surface area contributed by atoms with Gasteiger partial charge in [0.2, 0.25) is 0 Å². The third-order valence-corrected chi connectivity index (χ3v) is 2.80. The van der Waals surface area contributed by atoms with Crippen molar-refractivity contribution in [3.8, 4) is 5.75 Å². The number of nitrogens with zero attached hydrogens (tertiary/aromatic N) is 1. The number of rotatable bonds is 1. The topological polar surface area (TPSA) is 22.1 Å². The Balaban J connectivity index is 2.75. The van der Waals surface area contributed by atoms with Crippen LogP contribution in [0, 0.1) is 6.92 Å². The van der Waals surface area contributed by atoms with Crippen molar-refractivity contribution in [1.29, 1.82) is 0 Å². The second-order valence-corrected chi connectivity index (χ2v) is 3.49. The Morgan fingerprint density at radius 2 is 2.25 bits per heavy atom.